The molecule has 0 radical (unpaired) electrons. The van der Waals surface area contributed by atoms with Crippen molar-refractivity contribution in [3.63, 3.8) is 0 Å². The fourth-order valence-electron chi connectivity index (χ4n) is 14.3. The molecule has 344 valence electrons. The second-order valence-electron chi connectivity index (χ2n) is 25.9. The molecule has 0 aromatic heterocycles. The topological polar surface area (TPSA) is 3.24 Å². The summed E-state index contributed by atoms with van der Waals surface area (Å²) in [6.07, 6.45) is 14.1. The Hall–Kier alpha value is -5.14. The molecule has 5 aliphatic carbocycles. The van der Waals surface area contributed by atoms with Gasteiger partial charge in [-0.3, -0.25) is 0 Å². The normalized spacial score (nSPS) is 24.4. The fraction of sp³-hybridized carbons (Fsp3) is 0.424. The molecule has 0 heterocycles. The first-order valence-corrected chi connectivity index (χ1v) is 25.9. The molecule has 0 saturated heterocycles. The SMILES string of the molecule is CC(C)(C)c1cc(C2=C(N(c3ccccc3-c3cc(C(C)(C)C)cc(C(C)(C)C)c3)c3ccccc3-c3cccc4cccc(C56CC7CC8CC(C5)C86C7)c34)C=CCC2)cc(C(C)(C)C)c1. The maximum atomic E-state index is 2.69. The summed E-state index contributed by atoms with van der Waals surface area (Å²) in [6, 6.07) is 48.2. The van der Waals surface area contributed by atoms with Crippen molar-refractivity contribution in [1.82, 2.24) is 0 Å². The van der Waals surface area contributed by atoms with Gasteiger partial charge < -0.3 is 4.90 Å². The van der Waals surface area contributed by atoms with Crippen LogP contribution in [0.4, 0.5) is 11.4 Å². The molecule has 5 aliphatic rings. The number of para-hydroxylation sites is 2. The third-order valence-corrected chi connectivity index (χ3v) is 17.8. The minimum absolute atomic E-state index is 0.00682. The van der Waals surface area contributed by atoms with Crippen molar-refractivity contribution in [2.75, 3.05) is 4.90 Å². The van der Waals surface area contributed by atoms with Gasteiger partial charge in [-0.2, -0.15) is 0 Å². The zero-order valence-electron chi connectivity index (χ0n) is 42.8. The largest absolute Gasteiger partial charge is 0.309 e. The van der Waals surface area contributed by atoms with E-state index in [1.165, 1.54) is 116 Å². The third kappa shape index (κ3) is 6.98. The highest BCUT2D eigenvalue weighted by Crippen LogP contribution is 2.86. The monoisotopic (exact) mass is 882 g/mol. The standard InChI is InChI=1S/C66H75N/c1-61(2,3)46-32-44(33-47(36-46)62(4,5)6)52-23-13-16-28-57(52)67(58-29-17-14-24-53(58)45-34-48(63(7,8)9)37-49(35-45)64(10,11)12)59-30-18-15-25-54(59)55-26-19-21-43-22-20-27-56(60(43)55)65-39-42-31-50-38-51(41-65)66(50,65)40-42/h13,15-23,25-30,32-37,42,50-51H,14,24,31,38-41H2,1-12H3. The van der Waals surface area contributed by atoms with E-state index in [4.69, 9.17) is 0 Å². The lowest BCUT2D eigenvalue weighted by Gasteiger charge is -2.73. The molecule has 6 aromatic carbocycles. The maximum absolute atomic E-state index is 2.69. The molecule has 0 N–H and O–H groups in total. The molecule has 5 atom stereocenters. The molecule has 4 saturated carbocycles. The van der Waals surface area contributed by atoms with Crippen LogP contribution in [0.1, 0.15) is 161 Å². The molecule has 2 bridgehead atoms. The number of fused-ring (bicyclic) bond motifs is 2. The predicted molar refractivity (Wildman–Crippen MR) is 288 cm³/mol. The Morgan fingerprint density at radius 1 is 0.493 bits per heavy atom. The van der Waals surface area contributed by atoms with Crippen LogP contribution in [0.5, 0.6) is 0 Å². The van der Waals surface area contributed by atoms with E-state index >= 15 is 0 Å². The smallest absolute Gasteiger partial charge is 0.0540 e. The minimum Gasteiger partial charge on any atom is -0.309 e. The fourth-order valence-corrected chi connectivity index (χ4v) is 14.3. The molecule has 1 spiro atoms. The van der Waals surface area contributed by atoms with Crippen LogP contribution in [0.25, 0.3) is 38.6 Å². The number of benzene rings is 6. The van der Waals surface area contributed by atoms with Crippen LogP contribution in [0, 0.1) is 23.2 Å². The lowest BCUT2D eigenvalue weighted by Crippen LogP contribution is -2.68. The summed E-state index contributed by atoms with van der Waals surface area (Å²) in [4.78, 5) is 2.69. The molecule has 1 nitrogen and oxygen atoms in total. The molecule has 0 aliphatic heterocycles. The highest BCUT2D eigenvalue weighted by atomic mass is 15.2. The van der Waals surface area contributed by atoms with E-state index in [0.29, 0.717) is 10.8 Å². The molecule has 5 unspecified atom stereocenters. The van der Waals surface area contributed by atoms with Gasteiger partial charge in [-0.15, -0.1) is 0 Å². The Kier molecular flexibility index (Phi) is 10.1. The Labute approximate surface area is 403 Å². The lowest BCUT2D eigenvalue weighted by molar-refractivity contribution is -0.198. The van der Waals surface area contributed by atoms with E-state index < -0.39 is 0 Å². The van der Waals surface area contributed by atoms with Crippen molar-refractivity contribution >= 4 is 27.7 Å². The summed E-state index contributed by atoms with van der Waals surface area (Å²) in [6.45, 7) is 28.4. The van der Waals surface area contributed by atoms with Crippen molar-refractivity contribution in [2.45, 2.75) is 155 Å². The Morgan fingerprint density at radius 2 is 1.03 bits per heavy atom. The number of anilines is 2. The van der Waals surface area contributed by atoms with Crippen molar-refractivity contribution in [2.24, 2.45) is 23.2 Å². The highest BCUT2D eigenvalue weighted by molar-refractivity contribution is 6.04. The summed E-state index contributed by atoms with van der Waals surface area (Å²) in [5.74, 6) is 2.76. The van der Waals surface area contributed by atoms with Crippen molar-refractivity contribution < 1.29 is 0 Å². The first-order valence-electron chi connectivity index (χ1n) is 25.9. The molecule has 4 fully saturated rings. The first-order chi connectivity index (χ1) is 31.7. The van der Waals surface area contributed by atoms with Crippen molar-refractivity contribution in [3.05, 3.63) is 173 Å². The van der Waals surface area contributed by atoms with Gasteiger partial charge in [-0.05, 0) is 169 Å². The summed E-state index contributed by atoms with van der Waals surface area (Å²) in [7, 11) is 0. The predicted octanol–water partition coefficient (Wildman–Crippen LogP) is 18.3. The number of rotatable bonds is 7. The van der Waals surface area contributed by atoms with Crippen molar-refractivity contribution in [3.8, 4) is 22.3 Å². The van der Waals surface area contributed by atoms with E-state index in [9.17, 15) is 0 Å². The number of hydrogen-bond donors (Lipinski definition) is 0. The molecule has 1 heteroatoms. The second kappa shape index (κ2) is 15.2. The quantitative estimate of drug-likeness (QED) is 0.154. The third-order valence-electron chi connectivity index (χ3n) is 17.8. The lowest BCUT2D eigenvalue weighted by atomic mass is 9.30. The molecule has 67 heavy (non-hydrogen) atoms. The van der Waals surface area contributed by atoms with Gasteiger partial charge in [0, 0.05) is 22.2 Å². The Morgan fingerprint density at radius 3 is 1.61 bits per heavy atom. The van der Waals surface area contributed by atoms with Gasteiger partial charge in [0.15, 0.2) is 0 Å². The van der Waals surface area contributed by atoms with Crippen LogP contribution >= 0.6 is 0 Å². The molecule has 6 aromatic rings. The summed E-state index contributed by atoms with van der Waals surface area (Å²) < 4.78 is 0. The van der Waals surface area contributed by atoms with Gasteiger partial charge in [0.2, 0.25) is 0 Å². The van der Waals surface area contributed by atoms with Gasteiger partial charge in [0.1, 0.15) is 0 Å². The van der Waals surface area contributed by atoms with Crippen LogP contribution in [0.2, 0.25) is 0 Å². The summed E-state index contributed by atoms with van der Waals surface area (Å²) >= 11 is 0. The first kappa shape index (κ1) is 44.4. The van der Waals surface area contributed by atoms with Crippen molar-refractivity contribution in [1.29, 1.82) is 0 Å². The van der Waals surface area contributed by atoms with Gasteiger partial charge in [-0.1, -0.05) is 198 Å². The highest BCUT2D eigenvalue weighted by Gasteiger charge is 2.80. The maximum Gasteiger partial charge on any atom is 0.0540 e. The van der Waals surface area contributed by atoms with Gasteiger partial charge in [0.25, 0.3) is 0 Å². The van der Waals surface area contributed by atoms with E-state index in [-0.39, 0.29) is 21.7 Å². The average Bonchev–Trinajstić information content (AvgIpc) is 3.79. The van der Waals surface area contributed by atoms with Crippen LogP contribution in [0.15, 0.2) is 139 Å². The number of nitrogens with zero attached hydrogens (tertiary/aromatic N) is 1. The summed E-state index contributed by atoms with van der Waals surface area (Å²) in [5, 5.41) is 2.87. The molecule has 0 amide bonds. The van der Waals surface area contributed by atoms with E-state index in [1.807, 2.05) is 0 Å². The zero-order valence-corrected chi connectivity index (χ0v) is 42.8. The number of hydrogen-bond acceptors (Lipinski definition) is 1. The van der Waals surface area contributed by atoms with E-state index in [0.717, 1.165) is 30.6 Å². The van der Waals surface area contributed by atoms with Crippen LogP contribution in [-0.2, 0) is 27.1 Å². The van der Waals surface area contributed by atoms with Gasteiger partial charge in [-0.25, -0.2) is 0 Å². The molecule has 11 rings (SSSR count). The Balaban J connectivity index is 1.20. The zero-order chi connectivity index (χ0) is 47.1. The van der Waals surface area contributed by atoms with Gasteiger partial charge in [0.05, 0.1) is 11.4 Å². The minimum atomic E-state index is -0.00814. The average molecular weight is 882 g/mol. The second-order valence-corrected chi connectivity index (χ2v) is 25.9. The van der Waals surface area contributed by atoms with Gasteiger partial charge >= 0.3 is 0 Å². The summed E-state index contributed by atoms with van der Waals surface area (Å²) in [5.41, 5.74) is 19.7. The van der Waals surface area contributed by atoms with E-state index in [2.05, 4.69) is 221 Å². The molecular formula is C66H75N. The number of allylic oxidation sites excluding steroid dienone is 3. The van der Waals surface area contributed by atoms with Crippen LogP contribution in [0.3, 0.4) is 0 Å². The Bertz CT molecular complexity index is 2950. The van der Waals surface area contributed by atoms with E-state index in [1.54, 1.807) is 5.56 Å². The molecular weight excluding hydrogens is 807 g/mol. The van der Waals surface area contributed by atoms with Crippen LogP contribution < -0.4 is 4.90 Å². The van der Waals surface area contributed by atoms with Crippen LogP contribution in [-0.4, -0.2) is 0 Å².